The van der Waals surface area contributed by atoms with E-state index in [1.807, 2.05) is 41.3 Å². The van der Waals surface area contributed by atoms with Crippen LogP contribution in [0.25, 0.3) is 0 Å². The van der Waals surface area contributed by atoms with E-state index in [2.05, 4.69) is 15.3 Å². The number of nitrogens with one attached hydrogen (secondary N) is 1. The lowest BCUT2D eigenvalue weighted by Gasteiger charge is -2.26. The van der Waals surface area contributed by atoms with E-state index in [9.17, 15) is 9.90 Å². The number of hydrogen-bond donors (Lipinski definition) is 3. The van der Waals surface area contributed by atoms with Crippen LogP contribution in [-0.4, -0.2) is 27.5 Å². The number of hydrogen-bond acceptors (Lipinski definition) is 6. The van der Waals surface area contributed by atoms with Gasteiger partial charge >= 0.3 is 0 Å². The monoisotopic (exact) mass is 421 g/mol. The van der Waals surface area contributed by atoms with Gasteiger partial charge in [-0.15, -0.1) is 0 Å². The van der Waals surface area contributed by atoms with E-state index in [1.165, 1.54) is 6.33 Å². The van der Waals surface area contributed by atoms with Crippen molar-refractivity contribution in [3.63, 3.8) is 0 Å². The Labute approximate surface area is 179 Å². The summed E-state index contributed by atoms with van der Waals surface area (Å²) in [6.07, 6.45) is 3.36. The van der Waals surface area contributed by atoms with Gasteiger partial charge in [-0.1, -0.05) is 36.4 Å². The lowest BCUT2D eigenvalue weighted by Crippen LogP contribution is -2.25. The molecule has 8 heteroatoms. The molecule has 4 N–H and O–H groups in total. The molecule has 1 aliphatic rings. The summed E-state index contributed by atoms with van der Waals surface area (Å²) in [5.74, 6) is -0.254. The number of aromatic nitrogens is 2. The third-order valence-electron chi connectivity index (χ3n) is 5.44. The summed E-state index contributed by atoms with van der Waals surface area (Å²) in [6.45, 7) is 1.08. The van der Waals surface area contributed by atoms with Crippen LogP contribution in [0.2, 0.25) is 0 Å². The molecule has 160 valence electrons. The van der Waals surface area contributed by atoms with Gasteiger partial charge in [0.15, 0.2) is 11.6 Å². The van der Waals surface area contributed by atoms with Gasteiger partial charge in [-0.3, -0.25) is 4.79 Å². The van der Waals surface area contributed by atoms with Crippen molar-refractivity contribution in [1.29, 1.82) is 0 Å². The van der Waals surface area contributed by atoms with Crippen LogP contribution in [-0.2, 0) is 17.8 Å². The number of phenols is 1. The van der Waals surface area contributed by atoms with Crippen LogP contribution in [0, 0.1) is 5.82 Å². The van der Waals surface area contributed by atoms with Gasteiger partial charge in [0.2, 0.25) is 11.7 Å². The topological polar surface area (TPSA) is 104 Å². The molecule has 0 saturated carbocycles. The van der Waals surface area contributed by atoms with Crippen molar-refractivity contribution >= 4 is 17.5 Å². The van der Waals surface area contributed by atoms with Crippen molar-refractivity contribution in [2.75, 3.05) is 16.8 Å². The zero-order valence-electron chi connectivity index (χ0n) is 17.0. The number of nitrogens with zero attached hydrogens (tertiary/aromatic N) is 3. The number of benzene rings is 2. The fourth-order valence-electron chi connectivity index (χ4n) is 3.91. The Bertz CT molecular complexity index is 1060. The van der Waals surface area contributed by atoms with Gasteiger partial charge in [0, 0.05) is 13.1 Å². The number of rotatable bonds is 7. The molecule has 1 fully saturated rings. The second-order valence-electron chi connectivity index (χ2n) is 7.62. The molecule has 0 bridgehead atoms. The fourth-order valence-corrected chi connectivity index (χ4v) is 3.91. The summed E-state index contributed by atoms with van der Waals surface area (Å²) in [6, 6.07) is 14.4. The van der Waals surface area contributed by atoms with Crippen LogP contribution >= 0.6 is 0 Å². The van der Waals surface area contributed by atoms with E-state index >= 15 is 4.39 Å². The van der Waals surface area contributed by atoms with E-state index in [0.717, 1.165) is 29.5 Å². The summed E-state index contributed by atoms with van der Waals surface area (Å²) >= 11 is 0. The van der Waals surface area contributed by atoms with Crippen molar-refractivity contribution in [3.8, 4) is 5.75 Å². The average Bonchev–Trinajstić information content (AvgIpc) is 3.24. The first kappa shape index (κ1) is 20.6. The second kappa shape index (κ2) is 8.99. The zero-order chi connectivity index (χ0) is 21.8. The van der Waals surface area contributed by atoms with Crippen LogP contribution < -0.4 is 16.0 Å². The minimum atomic E-state index is -0.487. The van der Waals surface area contributed by atoms with Crippen LogP contribution in [0.4, 0.5) is 16.0 Å². The first-order chi connectivity index (χ1) is 15.0. The molecule has 7 nitrogen and oxygen atoms in total. The lowest BCUT2D eigenvalue weighted by atomic mass is 10.0. The fraction of sp³-hybridized carbons (Fsp3) is 0.261. The maximum absolute atomic E-state index is 15.3. The van der Waals surface area contributed by atoms with E-state index in [-0.39, 0.29) is 35.8 Å². The van der Waals surface area contributed by atoms with Crippen LogP contribution in [0.1, 0.15) is 35.6 Å². The summed E-state index contributed by atoms with van der Waals surface area (Å²) in [5, 5.41) is 12.6. The summed E-state index contributed by atoms with van der Waals surface area (Å²) in [5.41, 5.74) is 7.98. The molecule has 1 amide bonds. The molecule has 31 heavy (non-hydrogen) atoms. The smallest absolute Gasteiger partial charge is 0.221 e. The molecule has 1 aliphatic heterocycles. The Morgan fingerprint density at radius 2 is 1.84 bits per heavy atom. The van der Waals surface area contributed by atoms with Crippen molar-refractivity contribution in [3.05, 3.63) is 77.4 Å². The largest absolute Gasteiger partial charge is 0.508 e. The molecule has 2 aromatic carbocycles. The molecule has 0 spiro atoms. The third-order valence-corrected chi connectivity index (χ3v) is 5.44. The zero-order valence-corrected chi connectivity index (χ0v) is 17.0. The molecule has 0 aliphatic carbocycles. The first-order valence-electron chi connectivity index (χ1n) is 10.2. The number of carbonyl (C=O) groups excluding carboxylic acids is 1. The Morgan fingerprint density at radius 1 is 1.13 bits per heavy atom. The summed E-state index contributed by atoms with van der Waals surface area (Å²) in [7, 11) is 0. The Hall–Kier alpha value is -3.68. The van der Waals surface area contributed by atoms with E-state index in [4.69, 9.17) is 5.73 Å². The van der Waals surface area contributed by atoms with Gasteiger partial charge in [-0.25, -0.2) is 9.97 Å². The normalized spacial score (nSPS) is 15.8. The highest BCUT2D eigenvalue weighted by Gasteiger charge is 2.30. The summed E-state index contributed by atoms with van der Waals surface area (Å²) < 4.78 is 15.3. The minimum absolute atomic E-state index is 0.00403. The number of anilines is 2. The van der Waals surface area contributed by atoms with E-state index in [1.54, 1.807) is 12.1 Å². The number of primary amides is 1. The quantitative estimate of drug-likeness (QED) is 0.541. The van der Waals surface area contributed by atoms with Crippen molar-refractivity contribution < 1.29 is 14.3 Å². The molecular formula is C23H24FN5O2. The van der Waals surface area contributed by atoms with Gasteiger partial charge in [0.05, 0.1) is 12.5 Å². The number of halogens is 1. The molecular weight excluding hydrogens is 397 g/mol. The molecule has 1 saturated heterocycles. The van der Waals surface area contributed by atoms with E-state index in [0.29, 0.717) is 13.1 Å². The van der Waals surface area contributed by atoms with Gasteiger partial charge in [-0.2, -0.15) is 4.39 Å². The van der Waals surface area contributed by atoms with Gasteiger partial charge < -0.3 is 21.1 Å². The average molecular weight is 421 g/mol. The van der Waals surface area contributed by atoms with Gasteiger partial charge in [0.1, 0.15) is 12.1 Å². The number of amides is 1. The number of nitrogens with two attached hydrogens (primary N) is 1. The first-order valence-corrected chi connectivity index (χ1v) is 10.2. The number of aromatic hydroxyl groups is 1. The van der Waals surface area contributed by atoms with Crippen molar-refractivity contribution in [2.24, 2.45) is 5.73 Å². The maximum atomic E-state index is 15.3. The number of carbonyl (C=O) groups is 1. The standard InChI is InChI=1S/C23H24FN5O2/c24-21-22(26-13-16-5-3-15(4-6-16)12-20(25)31)27-14-28-23(21)29-11-1-2-19(29)17-7-9-18(30)10-8-17/h3-10,14,19,30H,1-2,11-13H2,(H2,25,31)(H,26,27,28). The highest BCUT2D eigenvalue weighted by atomic mass is 19.1. The molecule has 1 aromatic heterocycles. The van der Waals surface area contributed by atoms with Crippen molar-refractivity contribution in [1.82, 2.24) is 9.97 Å². The Balaban J connectivity index is 1.49. The number of phenolic OH excluding ortho intramolecular Hbond substituents is 1. The van der Waals surface area contributed by atoms with Crippen LogP contribution in [0.5, 0.6) is 5.75 Å². The molecule has 1 unspecified atom stereocenters. The molecule has 1 atom stereocenters. The predicted octanol–water partition coefficient (Wildman–Crippen LogP) is 3.30. The van der Waals surface area contributed by atoms with Gasteiger partial charge in [-0.05, 0) is 41.7 Å². The summed E-state index contributed by atoms with van der Waals surface area (Å²) in [4.78, 5) is 21.3. The van der Waals surface area contributed by atoms with Gasteiger partial charge in [0.25, 0.3) is 0 Å². The predicted molar refractivity (Wildman–Crippen MR) is 116 cm³/mol. The second-order valence-corrected chi connectivity index (χ2v) is 7.62. The SMILES string of the molecule is NC(=O)Cc1ccc(CNc2ncnc(N3CCCC3c3ccc(O)cc3)c2F)cc1. The minimum Gasteiger partial charge on any atom is -0.508 e. The Morgan fingerprint density at radius 3 is 2.55 bits per heavy atom. The van der Waals surface area contributed by atoms with Crippen LogP contribution in [0.3, 0.4) is 0 Å². The highest BCUT2D eigenvalue weighted by molar-refractivity contribution is 5.76. The molecule has 4 rings (SSSR count). The molecule has 2 heterocycles. The third kappa shape index (κ3) is 4.74. The highest BCUT2D eigenvalue weighted by Crippen LogP contribution is 2.37. The Kier molecular flexibility index (Phi) is 5.97. The molecule has 0 radical (unpaired) electrons. The maximum Gasteiger partial charge on any atom is 0.221 e. The molecule has 3 aromatic rings. The van der Waals surface area contributed by atoms with Crippen LogP contribution in [0.15, 0.2) is 54.9 Å². The van der Waals surface area contributed by atoms with E-state index < -0.39 is 5.82 Å². The van der Waals surface area contributed by atoms with Crippen molar-refractivity contribution in [2.45, 2.75) is 31.8 Å². The lowest BCUT2D eigenvalue weighted by molar-refractivity contribution is -0.117.